The average Bonchev–Trinajstić information content (AvgIpc) is 2.73. The summed E-state index contributed by atoms with van der Waals surface area (Å²) in [5.74, 6) is 0.478. The summed E-state index contributed by atoms with van der Waals surface area (Å²) in [6.45, 7) is 2.92. The molecule has 0 aromatic carbocycles. The summed E-state index contributed by atoms with van der Waals surface area (Å²) in [7, 11) is 2.11. The van der Waals surface area contributed by atoms with Gasteiger partial charge in [0.05, 0.1) is 0 Å². The second kappa shape index (κ2) is 5.60. The largest absolute Gasteiger partial charge is 0.350 e. The van der Waals surface area contributed by atoms with Gasteiger partial charge in [0.15, 0.2) is 0 Å². The Balaban J connectivity index is 1.83. The van der Waals surface area contributed by atoms with Gasteiger partial charge in [0, 0.05) is 23.8 Å². The molecule has 1 aromatic heterocycles. The van der Waals surface area contributed by atoms with E-state index in [4.69, 9.17) is 0 Å². The molecule has 1 fully saturated rings. The first kappa shape index (κ1) is 12.5. The van der Waals surface area contributed by atoms with Crippen LogP contribution in [-0.4, -0.2) is 42.5 Å². The molecule has 0 spiro atoms. The van der Waals surface area contributed by atoms with Crippen molar-refractivity contribution in [2.24, 2.45) is 5.92 Å². The summed E-state index contributed by atoms with van der Waals surface area (Å²) in [4.78, 5) is 18.1. The number of amides is 1. The lowest BCUT2D eigenvalue weighted by Gasteiger charge is -2.11. The number of nitrogens with zero attached hydrogens (tertiary/aromatic N) is 2. The van der Waals surface area contributed by atoms with E-state index < -0.39 is 0 Å². The summed E-state index contributed by atoms with van der Waals surface area (Å²) >= 11 is 3.29. The molecule has 1 aliphatic rings. The number of nitrogens with one attached hydrogen (secondary N) is 1. The molecule has 1 amide bonds. The first-order valence-corrected chi connectivity index (χ1v) is 6.53. The van der Waals surface area contributed by atoms with Gasteiger partial charge in [-0.2, -0.15) is 0 Å². The van der Waals surface area contributed by atoms with E-state index in [0.29, 0.717) is 11.6 Å². The molecule has 1 atom stereocenters. The molecule has 0 bridgehead atoms. The van der Waals surface area contributed by atoms with Crippen LogP contribution in [0.2, 0.25) is 0 Å². The van der Waals surface area contributed by atoms with Crippen molar-refractivity contribution < 1.29 is 4.79 Å². The number of hydrogen-bond donors (Lipinski definition) is 1. The zero-order valence-corrected chi connectivity index (χ0v) is 11.4. The fourth-order valence-electron chi connectivity index (χ4n) is 2.03. The Kier molecular flexibility index (Phi) is 4.12. The van der Waals surface area contributed by atoms with Crippen LogP contribution in [0.15, 0.2) is 22.8 Å². The molecule has 0 aliphatic carbocycles. The van der Waals surface area contributed by atoms with Gasteiger partial charge in [-0.15, -0.1) is 0 Å². The van der Waals surface area contributed by atoms with Gasteiger partial charge >= 0.3 is 0 Å². The number of hydrogen-bond acceptors (Lipinski definition) is 3. The normalized spacial score (nSPS) is 20.5. The van der Waals surface area contributed by atoms with E-state index in [0.717, 1.165) is 30.5 Å². The highest BCUT2D eigenvalue weighted by atomic mass is 79.9. The molecule has 1 unspecified atom stereocenters. The molecule has 1 N–H and O–H groups in total. The highest BCUT2D eigenvalue weighted by molar-refractivity contribution is 9.10. The maximum Gasteiger partial charge on any atom is 0.269 e. The number of aromatic nitrogens is 1. The van der Waals surface area contributed by atoms with Crippen LogP contribution in [0.3, 0.4) is 0 Å². The summed E-state index contributed by atoms with van der Waals surface area (Å²) in [6, 6.07) is 3.55. The van der Waals surface area contributed by atoms with Gasteiger partial charge in [0.25, 0.3) is 5.91 Å². The van der Waals surface area contributed by atoms with Crippen molar-refractivity contribution in [2.75, 3.05) is 26.7 Å². The maximum atomic E-state index is 11.8. The molecule has 1 aromatic rings. The highest BCUT2D eigenvalue weighted by Crippen LogP contribution is 2.13. The molecule has 0 radical (unpaired) electrons. The van der Waals surface area contributed by atoms with E-state index in [9.17, 15) is 4.79 Å². The molecular formula is C12H16BrN3O. The van der Waals surface area contributed by atoms with E-state index in [-0.39, 0.29) is 5.91 Å². The van der Waals surface area contributed by atoms with Crippen molar-refractivity contribution in [3.8, 4) is 0 Å². The molecule has 17 heavy (non-hydrogen) atoms. The molecule has 5 heteroatoms. The Labute approximate surface area is 110 Å². The van der Waals surface area contributed by atoms with E-state index in [2.05, 4.69) is 38.2 Å². The number of carbonyl (C=O) groups is 1. The third-order valence-electron chi connectivity index (χ3n) is 3.00. The van der Waals surface area contributed by atoms with E-state index in [1.807, 2.05) is 6.07 Å². The number of halogens is 1. The van der Waals surface area contributed by atoms with Crippen LogP contribution in [-0.2, 0) is 0 Å². The Morgan fingerprint density at radius 2 is 2.47 bits per heavy atom. The lowest BCUT2D eigenvalue weighted by molar-refractivity contribution is 0.0942. The Morgan fingerprint density at radius 1 is 1.65 bits per heavy atom. The van der Waals surface area contributed by atoms with Gasteiger partial charge in [-0.25, -0.2) is 4.98 Å². The van der Waals surface area contributed by atoms with Crippen molar-refractivity contribution >= 4 is 21.8 Å². The fraction of sp³-hybridized carbons (Fsp3) is 0.500. The van der Waals surface area contributed by atoms with Crippen LogP contribution in [0, 0.1) is 5.92 Å². The van der Waals surface area contributed by atoms with Gasteiger partial charge in [0.2, 0.25) is 0 Å². The highest BCUT2D eigenvalue weighted by Gasteiger charge is 2.20. The Bertz CT molecular complexity index is 393. The fourth-order valence-corrected chi connectivity index (χ4v) is 2.27. The quantitative estimate of drug-likeness (QED) is 0.920. The minimum absolute atomic E-state index is 0.0907. The van der Waals surface area contributed by atoms with Gasteiger partial charge in [-0.05, 0) is 54.0 Å². The van der Waals surface area contributed by atoms with Crippen LogP contribution in [0.1, 0.15) is 16.9 Å². The average molecular weight is 298 g/mol. The van der Waals surface area contributed by atoms with Crippen LogP contribution in [0.5, 0.6) is 0 Å². The predicted octanol–water partition coefficient (Wildman–Crippen LogP) is 1.53. The third kappa shape index (κ3) is 3.51. The van der Waals surface area contributed by atoms with Crippen LogP contribution < -0.4 is 5.32 Å². The van der Waals surface area contributed by atoms with Crippen molar-refractivity contribution in [3.63, 3.8) is 0 Å². The molecule has 0 saturated carbocycles. The van der Waals surface area contributed by atoms with Crippen LogP contribution >= 0.6 is 15.9 Å². The van der Waals surface area contributed by atoms with E-state index >= 15 is 0 Å². The Hall–Kier alpha value is -0.940. The minimum Gasteiger partial charge on any atom is -0.350 e. The maximum absolute atomic E-state index is 11.8. The van der Waals surface area contributed by atoms with E-state index in [1.54, 1.807) is 12.3 Å². The number of pyridine rings is 1. The second-order valence-corrected chi connectivity index (χ2v) is 5.40. The zero-order valence-electron chi connectivity index (χ0n) is 9.82. The van der Waals surface area contributed by atoms with Crippen molar-refractivity contribution in [3.05, 3.63) is 28.5 Å². The summed E-state index contributed by atoms with van der Waals surface area (Å²) in [5, 5.41) is 2.94. The molecule has 4 nitrogen and oxygen atoms in total. The zero-order chi connectivity index (χ0) is 12.3. The second-order valence-electron chi connectivity index (χ2n) is 4.49. The summed E-state index contributed by atoms with van der Waals surface area (Å²) < 4.78 is 0.881. The van der Waals surface area contributed by atoms with Gasteiger partial charge in [-0.1, -0.05) is 0 Å². The standard InChI is InChI=1S/C12H16BrN3O/c1-16-5-4-9(8-16)6-15-12(17)11-3-2-10(13)7-14-11/h2-3,7,9H,4-6,8H2,1H3,(H,15,17). The number of carbonyl (C=O) groups excluding carboxylic acids is 1. The molecule has 1 saturated heterocycles. The molecule has 92 valence electrons. The van der Waals surface area contributed by atoms with Gasteiger partial charge < -0.3 is 10.2 Å². The van der Waals surface area contributed by atoms with E-state index in [1.165, 1.54) is 0 Å². The summed E-state index contributed by atoms with van der Waals surface area (Å²) in [6.07, 6.45) is 2.79. The van der Waals surface area contributed by atoms with Crippen molar-refractivity contribution in [1.29, 1.82) is 0 Å². The smallest absolute Gasteiger partial charge is 0.269 e. The monoisotopic (exact) mass is 297 g/mol. The first-order valence-electron chi connectivity index (χ1n) is 5.73. The van der Waals surface area contributed by atoms with Gasteiger partial charge in [-0.3, -0.25) is 4.79 Å². The van der Waals surface area contributed by atoms with Crippen molar-refractivity contribution in [1.82, 2.24) is 15.2 Å². The Morgan fingerprint density at radius 3 is 3.06 bits per heavy atom. The van der Waals surface area contributed by atoms with Crippen molar-refractivity contribution in [2.45, 2.75) is 6.42 Å². The SMILES string of the molecule is CN1CCC(CNC(=O)c2ccc(Br)cn2)C1. The number of likely N-dealkylation sites (tertiary alicyclic amines) is 1. The number of rotatable bonds is 3. The van der Waals surface area contributed by atoms with Gasteiger partial charge in [0.1, 0.15) is 5.69 Å². The lowest BCUT2D eigenvalue weighted by atomic mass is 10.1. The van der Waals surface area contributed by atoms with Crippen LogP contribution in [0.25, 0.3) is 0 Å². The third-order valence-corrected chi connectivity index (χ3v) is 3.47. The topological polar surface area (TPSA) is 45.2 Å². The molecule has 1 aliphatic heterocycles. The first-order chi connectivity index (χ1) is 8.15. The molecule has 2 heterocycles. The molecular weight excluding hydrogens is 282 g/mol. The summed E-state index contributed by atoms with van der Waals surface area (Å²) in [5.41, 5.74) is 0.472. The molecule has 2 rings (SSSR count). The predicted molar refractivity (Wildman–Crippen MR) is 69.9 cm³/mol. The minimum atomic E-state index is -0.0907. The lowest BCUT2D eigenvalue weighted by Crippen LogP contribution is -2.30. The van der Waals surface area contributed by atoms with Crippen LogP contribution in [0.4, 0.5) is 0 Å².